The Labute approximate surface area is 104 Å². The number of amides is 1. The van der Waals surface area contributed by atoms with Crippen molar-refractivity contribution < 1.29 is 24.5 Å². The summed E-state index contributed by atoms with van der Waals surface area (Å²) in [5.41, 5.74) is 0.159. The molecule has 96 valence electrons. The van der Waals surface area contributed by atoms with Crippen LogP contribution < -0.4 is 10.1 Å². The predicted molar refractivity (Wildman–Crippen MR) is 64.1 cm³/mol. The van der Waals surface area contributed by atoms with Crippen molar-refractivity contribution in [1.29, 1.82) is 0 Å². The zero-order valence-electron chi connectivity index (χ0n) is 9.93. The number of phenols is 1. The molecule has 0 saturated heterocycles. The molecule has 0 fully saturated rings. The molecule has 0 heterocycles. The van der Waals surface area contributed by atoms with Crippen LogP contribution in [0.4, 0.5) is 0 Å². The Morgan fingerprint density at radius 3 is 2.50 bits per heavy atom. The highest BCUT2D eigenvalue weighted by Gasteiger charge is 2.09. The number of ether oxygens (including phenoxy) is 1. The normalized spacial score (nSPS) is 10.9. The second-order valence-electron chi connectivity index (χ2n) is 3.48. The lowest BCUT2D eigenvalue weighted by atomic mass is 10.1. The van der Waals surface area contributed by atoms with Crippen molar-refractivity contribution in [1.82, 2.24) is 5.32 Å². The van der Waals surface area contributed by atoms with Gasteiger partial charge >= 0.3 is 5.97 Å². The average Bonchev–Trinajstić information content (AvgIpc) is 2.27. The average molecular weight is 251 g/mol. The first-order chi connectivity index (χ1) is 8.43. The maximum atomic E-state index is 10.9. The number of aliphatic carboxylic acids is 1. The fourth-order valence-corrected chi connectivity index (χ4v) is 1.30. The number of hydrogen-bond acceptors (Lipinski definition) is 4. The van der Waals surface area contributed by atoms with Crippen molar-refractivity contribution in [2.45, 2.75) is 6.92 Å². The molecule has 18 heavy (non-hydrogen) atoms. The van der Waals surface area contributed by atoms with Crippen molar-refractivity contribution in [2.75, 3.05) is 7.11 Å². The molecular weight excluding hydrogens is 238 g/mol. The van der Waals surface area contributed by atoms with Crippen LogP contribution in [0.5, 0.6) is 11.5 Å². The highest BCUT2D eigenvalue weighted by atomic mass is 16.5. The molecular formula is C12H13NO5. The lowest BCUT2D eigenvalue weighted by molar-refractivity contribution is -0.134. The molecule has 1 aromatic carbocycles. The molecule has 1 amide bonds. The Balaban J connectivity index is 3.08. The van der Waals surface area contributed by atoms with Crippen LogP contribution in [0.1, 0.15) is 12.5 Å². The van der Waals surface area contributed by atoms with Crippen LogP contribution in [0.25, 0.3) is 6.08 Å². The molecule has 0 aromatic heterocycles. The lowest BCUT2D eigenvalue weighted by Crippen LogP contribution is -2.24. The minimum absolute atomic E-state index is 0.112. The number of carboxylic acids is 1. The summed E-state index contributed by atoms with van der Waals surface area (Å²) in [6, 6.07) is 4.39. The number of hydrogen-bond donors (Lipinski definition) is 3. The van der Waals surface area contributed by atoms with Crippen LogP contribution in [0.15, 0.2) is 23.9 Å². The van der Waals surface area contributed by atoms with Gasteiger partial charge < -0.3 is 20.3 Å². The Hall–Kier alpha value is -2.50. The third-order valence-electron chi connectivity index (χ3n) is 2.06. The number of benzene rings is 1. The van der Waals surface area contributed by atoms with Crippen LogP contribution in [0, 0.1) is 0 Å². The SMILES string of the molecule is COc1ccc(/C=C(\NC(C)=O)C(=O)O)cc1O. The fraction of sp³-hybridized carbons (Fsp3) is 0.167. The van der Waals surface area contributed by atoms with Gasteiger partial charge in [0.15, 0.2) is 11.5 Å². The van der Waals surface area contributed by atoms with E-state index in [2.05, 4.69) is 5.32 Å². The van der Waals surface area contributed by atoms with Gasteiger partial charge in [0.2, 0.25) is 5.91 Å². The molecule has 0 aliphatic carbocycles. The van der Waals surface area contributed by atoms with Crippen molar-refractivity contribution in [2.24, 2.45) is 0 Å². The van der Waals surface area contributed by atoms with Gasteiger partial charge in [0.05, 0.1) is 7.11 Å². The number of carboxylic acid groups (broad SMARTS) is 1. The van der Waals surface area contributed by atoms with E-state index in [-0.39, 0.29) is 17.2 Å². The highest BCUT2D eigenvalue weighted by molar-refractivity contribution is 5.96. The maximum Gasteiger partial charge on any atom is 0.352 e. The van der Waals surface area contributed by atoms with Crippen LogP contribution in [-0.4, -0.2) is 29.2 Å². The van der Waals surface area contributed by atoms with E-state index in [0.29, 0.717) is 5.56 Å². The number of aromatic hydroxyl groups is 1. The molecule has 6 nitrogen and oxygen atoms in total. The third-order valence-corrected chi connectivity index (χ3v) is 2.06. The Morgan fingerprint density at radius 1 is 1.39 bits per heavy atom. The van der Waals surface area contributed by atoms with E-state index in [4.69, 9.17) is 9.84 Å². The van der Waals surface area contributed by atoms with Crippen molar-refractivity contribution in [3.8, 4) is 11.5 Å². The number of nitrogens with one attached hydrogen (secondary N) is 1. The van der Waals surface area contributed by atoms with E-state index in [1.54, 1.807) is 6.07 Å². The molecule has 0 atom stereocenters. The summed E-state index contributed by atoms with van der Waals surface area (Å²) in [5, 5.41) is 20.6. The maximum absolute atomic E-state index is 10.9. The van der Waals surface area contributed by atoms with E-state index >= 15 is 0 Å². The molecule has 0 bridgehead atoms. The van der Waals surface area contributed by atoms with E-state index in [1.165, 1.54) is 32.2 Å². The summed E-state index contributed by atoms with van der Waals surface area (Å²) in [7, 11) is 1.41. The van der Waals surface area contributed by atoms with Gasteiger partial charge in [-0.2, -0.15) is 0 Å². The summed E-state index contributed by atoms with van der Waals surface area (Å²) in [5.74, 6) is -1.58. The summed E-state index contributed by atoms with van der Waals surface area (Å²) in [4.78, 5) is 21.7. The first-order valence-corrected chi connectivity index (χ1v) is 5.03. The Morgan fingerprint density at radius 2 is 2.06 bits per heavy atom. The second-order valence-corrected chi connectivity index (χ2v) is 3.48. The van der Waals surface area contributed by atoms with Crippen molar-refractivity contribution >= 4 is 18.0 Å². The minimum Gasteiger partial charge on any atom is -0.504 e. The lowest BCUT2D eigenvalue weighted by Gasteiger charge is -2.05. The van der Waals surface area contributed by atoms with Gasteiger partial charge in [0, 0.05) is 6.92 Å². The van der Waals surface area contributed by atoms with Gasteiger partial charge in [-0.15, -0.1) is 0 Å². The summed E-state index contributed by atoms with van der Waals surface area (Å²) in [6.45, 7) is 1.21. The van der Waals surface area contributed by atoms with E-state index in [0.717, 1.165) is 0 Å². The molecule has 0 radical (unpaired) electrons. The van der Waals surface area contributed by atoms with Crippen molar-refractivity contribution in [3.63, 3.8) is 0 Å². The third kappa shape index (κ3) is 3.51. The van der Waals surface area contributed by atoms with Gasteiger partial charge in [0.25, 0.3) is 0 Å². The minimum atomic E-state index is -1.26. The Kier molecular flexibility index (Phi) is 4.31. The number of phenolic OH excluding ortho intramolecular Hbond substituents is 1. The molecule has 0 unspecified atom stereocenters. The number of methoxy groups -OCH3 is 1. The summed E-state index contributed by atoms with van der Waals surface area (Å²) < 4.78 is 4.86. The standard InChI is InChI=1S/C12H13NO5/c1-7(14)13-9(12(16)17)5-8-3-4-11(18-2)10(15)6-8/h3-6,15H,1-2H3,(H,13,14)(H,16,17)/b9-5-. The zero-order valence-corrected chi connectivity index (χ0v) is 9.93. The zero-order chi connectivity index (χ0) is 13.7. The molecule has 1 aromatic rings. The van der Waals surface area contributed by atoms with Crippen LogP contribution in [0.3, 0.4) is 0 Å². The molecule has 1 rings (SSSR count). The second kappa shape index (κ2) is 5.72. The van der Waals surface area contributed by atoms with E-state index < -0.39 is 11.9 Å². The predicted octanol–water partition coefficient (Wildman–Crippen LogP) is 0.962. The molecule has 3 N–H and O–H groups in total. The largest absolute Gasteiger partial charge is 0.504 e. The van der Waals surface area contributed by atoms with Gasteiger partial charge in [-0.3, -0.25) is 4.79 Å². The smallest absolute Gasteiger partial charge is 0.352 e. The van der Waals surface area contributed by atoms with Crippen LogP contribution in [0.2, 0.25) is 0 Å². The first kappa shape index (κ1) is 13.6. The van der Waals surface area contributed by atoms with Crippen LogP contribution >= 0.6 is 0 Å². The van der Waals surface area contributed by atoms with Crippen molar-refractivity contribution in [3.05, 3.63) is 29.5 Å². The van der Waals surface area contributed by atoms with Crippen LogP contribution in [-0.2, 0) is 9.59 Å². The Bertz CT molecular complexity index is 507. The molecule has 6 heteroatoms. The summed E-state index contributed by atoms with van der Waals surface area (Å²) >= 11 is 0. The fourth-order valence-electron chi connectivity index (χ4n) is 1.30. The highest BCUT2D eigenvalue weighted by Crippen LogP contribution is 2.26. The molecule has 0 aliphatic rings. The van der Waals surface area contributed by atoms with E-state index in [1.807, 2.05) is 0 Å². The molecule has 0 aliphatic heterocycles. The first-order valence-electron chi connectivity index (χ1n) is 5.03. The quantitative estimate of drug-likeness (QED) is 0.693. The van der Waals surface area contributed by atoms with Gasteiger partial charge in [-0.25, -0.2) is 4.79 Å². The van der Waals surface area contributed by atoms with Gasteiger partial charge in [-0.1, -0.05) is 6.07 Å². The number of carbonyl (C=O) groups is 2. The number of rotatable bonds is 4. The van der Waals surface area contributed by atoms with Gasteiger partial charge in [-0.05, 0) is 23.8 Å². The number of carbonyl (C=O) groups excluding carboxylic acids is 1. The summed E-state index contributed by atoms with van der Waals surface area (Å²) in [6.07, 6.45) is 1.24. The topological polar surface area (TPSA) is 95.9 Å². The van der Waals surface area contributed by atoms with E-state index in [9.17, 15) is 14.7 Å². The monoisotopic (exact) mass is 251 g/mol. The molecule has 0 spiro atoms. The molecule has 0 saturated carbocycles. The van der Waals surface area contributed by atoms with Gasteiger partial charge in [0.1, 0.15) is 5.70 Å².